The number of H-pyrrole nitrogens is 1. The molecule has 7 heteroatoms. The van der Waals surface area contributed by atoms with Crippen molar-refractivity contribution in [3.63, 3.8) is 0 Å². The average Bonchev–Trinajstić information content (AvgIpc) is 2.49. The Morgan fingerprint density at radius 2 is 1.96 bits per heavy atom. The Morgan fingerprint density at radius 3 is 2.52 bits per heavy atom. The topological polar surface area (TPSA) is 105 Å². The Morgan fingerprint density at radius 1 is 1.30 bits per heavy atom. The molecular weight excluding hydrogens is 300 g/mol. The van der Waals surface area contributed by atoms with Gasteiger partial charge in [-0.25, -0.2) is 4.79 Å². The summed E-state index contributed by atoms with van der Waals surface area (Å²) in [4.78, 5) is 26.6. The van der Waals surface area contributed by atoms with Crippen LogP contribution in [0.25, 0.3) is 0 Å². The highest BCUT2D eigenvalue weighted by Gasteiger charge is 2.31. The van der Waals surface area contributed by atoms with E-state index >= 15 is 0 Å². The lowest BCUT2D eigenvalue weighted by atomic mass is 9.72. The summed E-state index contributed by atoms with van der Waals surface area (Å²) >= 11 is 0. The number of hydrogen-bond donors (Lipinski definition) is 3. The maximum atomic E-state index is 12.2. The Kier molecular flexibility index (Phi) is 5.44. The normalized spacial score (nSPS) is 18.3. The van der Waals surface area contributed by atoms with Crippen LogP contribution in [-0.2, 0) is 24.3 Å². The molecule has 1 aliphatic rings. The molecule has 1 heterocycles. The van der Waals surface area contributed by atoms with Crippen molar-refractivity contribution in [3.05, 3.63) is 32.1 Å². The number of ether oxygens (including phenoxy) is 1. The highest BCUT2D eigenvalue weighted by atomic mass is 16.5. The van der Waals surface area contributed by atoms with Crippen LogP contribution in [0.4, 0.5) is 0 Å². The maximum Gasteiger partial charge on any atom is 0.330 e. The van der Waals surface area contributed by atoms with Crippen LogP contribution in [0.1, 0.15) is 38.4 Å². The van der Waals surface area contributed by atoms with Crippen LogP contribution >= 0.6 is 0 Å². The van der Waals surface area contributed by atoms with E-state index in [0.717, 1.165) is 6.42 Å². The first-order chi connectivity index (χ1) is 10.8. The summed E-state index contributed by atoms with van der Waals surface area (Å²) in [6.45, 7) is 5.71. The summed E-state index contributed by atoms with van der Waals surface area (Å²) < 4.78 is 6.75. The van der Waals surface area contributed by atoms with Gasteiger partial charge in [0.15, 0.2) is 0 Å². The van der Waals surface area contributed by atoms with Crippen LogP contribution in [-0.4, -0.2) is 39.1 Å². The van der Waals surface area contributed by atoms with E-state index in [-0.39, 0.29) is 30.9 Å². The second-order valence-corrected chi connectivity index (χ2v) is 7.20. The SMILES string of the molecule is CC(C)(C)C1CCc2c(c(=O)[nH]c(=O)n2COC(CO)CO)C1. The molecular formula is C16H26N2O5. The summed E-state index contributed by atoms with van der Waals surface area (Å²) in [5, 5.41) is 18.1. The molecule has 0 saturated heterocycles. The average molecular weight is 326 g/mol. The highest BCUT2D eigenvalue weighted by Crippen LogP contribution is 2.35. The van der Waals surface area contributed by atoms with Crippen molar-refractivity contribution in [3.8, 4) is 0 Å². The number of hydrogen-bond acceptors (Lipinski definition) is 5. The lowest BCUT2D eigenvalue weighted by molar-refractivity contribution is -0.0524. The van der Waals surface area contributed by atoms with Gasteiger partial charge in [-0.3, -0.25) is 14.3 Å². The van der Waals surface area contributed by atoms with Gasteiger partial charge in [0.2, 0.25) is 0 Å². The van der Waals surface area contributed by atoms with Gasteiger partial charge < -0.3 is 14.9 Å². The fourth-order valence-electron chi connectivity index (χ4n) is 3.03. The van der Waals surface area contributed by atoms with Gasteiger partial charge in [-0.05, 0) is 30.6 Å². The molecule has 0 amide bonds. The third-order valence-electron chi connectivity index (χ3n) is 4.67. The molecule has 7 nitrogen and oxygen atoms in total. The number of rotatable bonds is 5. The van der Waals surface area contributed by atoms with Crippen molar-refractivity contribution < 1.29 is 14.9 Å². The van der Waals surface area contributed by atoms with E-state index in [0.29, 0.717) is 30.0 Å². The minimum Gasteiger partial charge on any atom is -0.394 e. The van der Waals surface area contributed by atoms with E-state index < -0.39 is 11.8 Å². The maximum absolute atomic E-state index is 12.2. The van der Waals surface area contributed by atoms with Crippen molar-refractivity contribution in [2.45, 2.75) is 52.9 Å². The van der Waals surface area contributed by atoms with Crippen molar-refractivity contribution in [1.82, 2.24) is 9.55 Å². The molecule has 0 bridgehead atoms. The standard InChI is InChI=1S/C16H26N2O5/c1-16(2,3)10-4-5-13-12(6-10)14(21)17-15(22)18(13)9-23-11(7-19)8-20/h10-11,19-20H,4-9H2,1-3H3,(H,17,21,22). The lowest BCUT2D eigenvalue weighted by Gasteiger charge is -2.35. The Bertz CT molecular complexity index is 652. The number of aliphatic hydroxyl groups excluding tert-OH is 2. The van der Waals surface area contributed by atoms with Crippen LogP contribution in [0.15, 0.2) is 9.59 Å². The van der Waals surface area contributed by atoms with E-state index in [1.165, 1.54) is 4.57 Å². The van der Waals surface area contributed by atoms with Crippen LogP contribution in [0.3, 0.4) is 0 Å². The molecule has 1 atom stereocenters. The first-order valence-electron chi connectivity index (χ1n) is 7.96. The molecule has 1 aromatic heterocycles. The second-order valence-electron chi connectivity index (χ2n) is 7.20. The molecule has 2 rings (SSSR count). The summed E-state index contributed by atoms with van der Waals surface area (Å²) in [6, 6.07) is 0. The van der Waals surface area contributed by atoms with Gasteiger partial charge in [0.25, 0.3) is 5.56 Å². The summed E-state index contributed by atoms with van der Waals surface area (Å²) in [5.74, 6) is 0.380. The molecule has 23 heavy (non-hydrogen) atoms. The Balaban J connectivity index is 2.33. The molecule has 1 unspecified atom stereocenters. The van der Waals surface area contributed by atoms with Crippen molar-refractivity contribution in [1.29, 1.82) is 0 Å². The van der Waals surface area contributed by atoms with Crippen LogP contribution < -0.4 is 11.2 Å². The number of aliphatic hydroxyl groups is 2. The van der Waals surface area contributed by atoms with Crippen molar-refractivity contribution in [2.75, 3.05) is 13.2 Å². The zero-order valence-electron chi connectivity index (χ0n) is 14.0. The van der Waals surface area contributed by atoms with Crippen molar-refractivity contribution in [2.24, 2.45) is 11.3 Å². The molecule has 1 aromatic rings. The summed E-state index contributed by atoms with van der Waals surface area (Å²) in [6.07, 6.45) is 1.44. The molecule has 0 radical (unpaired) electrons. The van der Waals surface area contributed by atoms with E-state index in [9.17, 15) is 9.59 Å². The van der Waals surface area contributed by atoms with Crippen LogP contribution in [0, 0.1) is 11.3 Å². The largest absolute Gasteiger partial charge is 0.394 e. The molecule has 1 aliphatic carbocycles. The minimum atomic E-state index is -0.740. The van der Waals surface area contributed by atoms with Gasteiger partial charge in [0.05, 0.1) is 13.2 Å². The monoisotopic (exact) mass is 326 g/mol. The number of aromatic amines is 1. The predicted octanol–water partition coefficient (Wildman–Crippen LogP) is 0.0149. The lowest BCUT2D eigenvalue weighted by Crippen LogP contribution is -2.41. The van der Waals surface area contributed by atoms with Gasteiger partial charge in [-0.15, -0.1) is 0 Å². The Labute approximate surface area is 134 Å². The number of nitrogens with one attached hydrogen (secondary N) is 1. The number of nitrogens with zero attached hydrogens (tertiary/aromatic N) is 1. The number of aromatic nitrogens is 2. The second kappa shape index (κ2) is 6.98. The van der Waals surface area contributed by atoms with Crippen molar-refractivity contribution >= 4 is 0 Å². The summed E-state index contributed by atoms with van der Waals surface area (Å²) in [7, 11) is 0. The fraction of sp³-hybridized carbons (Fsp3) is 0.750. The first-order valence-corrected chi connectivity index (χ1v) is 7.96. The Hall–Kier alpha value is -1.44. The molecule has 0 spiro atoms. The smallest absolute Gasteiger partial charge is 0.330 e. The minimum absolute atomic E-state index is 0.0933. The predicted molar refractivity (Wildman–Crippen MR) is 85.3 cm³/mol. The van der Waals surface area contributed by atoms with E-state index in [1.54, 1.807) is 0 Å². The molecule has 0 aliphatic heterocycles. The van der Waals surface area contributed by atoms with E-state index in [2.05, 4.69) is 25.8 Å². The summed E-state index contributed by atoms with van der Waals surface area (Å²) in [5.41, 5.74) is 0.604. The van der Waals surface area contributed by atoms with Crippen LogP contribution in [0.2, 0.25) is 0 Å². The van der Waals surface area contributed by atoms with Gasteiger partial charge in [0.1, 0.15) is 12.8 Å². The third-order valence-corrected chi connectivity index (χ3v) is 4.67. The molecule has 0 saturated carbocycles. The van der Waals surface area contributed by atoms with Gasteiger partial charge in [-0.2, -0.15) is 0 Å². The quantitative estimate of drug-likeness (QED) is 0.707. The number of fused-ring (bicyclic) bond motifs is 1. The van der Waals surface area contributed by atoms with E-state index in [4.69, 9.17) is 14.9 Å². The highest BCUT2D eigenvalue weighted by molar-refractivity contribution is 5.22. The van der Waals surface area contributed by atoms with Gasteiger partial charge in [0, 0.05) is 11.3 Å². The van der Waals surface area contributed by atoms with Gasteiger partial charge >= 0.3 is 5.69 Å². The first kappa shape index (κ1) is 17.9. The zero-order chi connectivity index (χ0) is 17.2. The van der Waals surface area contributed by atoms with Crippen LogP contribution in [0.5, 0.6) is 0 Å². The van der Waals surface area contributed by atoms with Gasteiger partial charge in [-0.1, -0.05) is 20.8 Å². The third kappa shape index (κ3) is 3.91. The zero-order valence-corrected chi connectivity index (χ0v) is 14.0. The molecule has 130 valence electrons. The molecule has 3 N–H and O–H groups in total. The van der Waals surface area contributed by atoms with E-state index in [1.807, 2.05) is 0 Å². The molecule has 0 fully saturated rings. The molecule has 0 aromatic carbocycles. The fourth-order valence-corrected chi connectivity index (χ4v) is 3.03.